The van der Waals surface area contributed by atoms with Crippen LogP contribution < -0.4 is 10.9 Å². The van der Waals surface area contributed by atoms with E-state index in [1.165, 1.54) is 0 Å². The number of hydrogen-bond donors (Lipinski definition) is 1. The van der Waals surface area contributed by atoms with E-state index in [2.05, 4.69) is 10.3 Å². The molecule has 1 aliphatic heterocycles. The van der Waals surface area contributed by atoms with E-state index >= 15 is 0 Å². The average Bonchev–Trinajstić information content (AvgIpc) is 3.27. The number of pyridine rings is 1. The topological polar surface area (TPSA) is 123 Å². The van der Waals surface area contributed by atoms with Crippen LogP contribution in [0.3, 0.4) is 0 Å². The van der Waals surface area contributed by atoms with E-state index in [0.717, 1.165) is 24.8 Å². The summed E-state index contributed by atoms with van der Waals surface area (Å²) in [5.41, 5.74) is 2.01. The number of ether oxygens (including phenoxy) is 1. The number of hydrogen-bond acceptors (Lipinski definition) is 8. The molecule has 1 N–H and O–H groups in total. The van der Waals surface area contributed by atoms with Crippen LogP contribution in [0.15, 0.2) is 46.1 Å². The van der Waals surface area contributed by atoms with Gasteiger partial charge >= 0.3 is 0 Å². The number of carbonyl (C=O) groups excluding carboxylic acids is 1. The maximum Gasteiger partial charge on any atom is 0.295 e. The first-order valence-electron chi connectivity index (χ1n) is 12.5. The van der Waals surface area contributed by atoms with Gasteiger partial charge in [0.25, 0.3) is 5.56 Å². The second-order valence-corrected chi connectivity index (χ2v) is 11.5. The van der Waals surface area contributed by atoms with Crippen molar-refractivity contribution in [2.75, 3.05) is 37.8 Å². The molecule has 1 saturated heterocycles. The van der Waals surface area contributed by atoms with Gasteiger partial charge in [-0.2, -0.15) is 0 Å². The Morgan fingerprint density at radius 2 is 1.81 bits per heavy atom. The number of aromatic nitrogens is 3. The smallest absolute Gasteiger partial charge is 0.295 e. The van der Waals surface area contributed by atoms with Crippen molar-refractivity contribution in [3.8, 4) is 11.3 Å². The van der Waals surface area contributed by atoms with Crippen LogP contribution in [-0.2, 0) is 25.9 Å². The van der Waals surface area contributed by atoms with Gasteiger partial charge in [0.05, 0.1) is 29.8 Å². The fraction of sp³-hybridized carbons (Fsp3) is 0.462. The highest BCUT2D eigenvalue weighted by atomic mass is 32.2. The number of anilines is 1. The van der Waals surface area contributed by atoms with Crippen molar-refractivity contribution < 1.29 is 17.9 Å². The Balaban J connectivity index is 1.61. The molecule has 198 valence electrons. The molecule has 0 aliphatic carbocycles. The van der Waals surface area contributed by atoms with Crippen molar-refractivity contribution in [1.82, 2.24) is 19.4 Å². The predicted molar refractivity (Wildman–Crippen MR) is 142 cm³/mol. The normalized spacial score (nSPS) is 14.2. The van der Waals surface area contributed by atoms with Gasteiger partial charge in [-0.05, 0) is 51.0 Å². The zero-order valence-corrected chi connectivity index (χ0v) is 22.3. The zero-order valence-electron chi connectivity index (χ0n) is 21.4. The standard InChI is InChI=1S/C26H33N5O5S/c1-18(2)36-17-16-31-25-22(12-11-21(29-25)19-7-9-20(10-8-19)37(3,34)35)28-24(26(31)33)27-13-5-15-30-14-4-6-23(30)32/h7-12,18H,4-6,13-17H2,1-3H3,(H,27,28). The van der Waals surface area contributed by atoms with E-state index in [4.69, 9.17) is 9.72 Å². The van der Waals surface area contributed by atoms with Crippen molar-refractivity contribution in [3.05, 3.63) is 46.8 Å². The minimum atomic E-state index is -3.30. The Morgan fingerprint density at radius 1 is 1.05 bits per heavy atom. The van der Waals surface area contributed by atoms with Gasteiger partial charge in [0.2, 0.25) is 5.91 Å². The van der Waals surface area contributed by atoms with Gasteiger partial charge in [-0.15, -0.1) is 0 Å². The Morgan fingerprint density at radius 3 is 2.46 bits per heavy atom. The van der Waals surface area contributed by atoms with Crippen molar-refractivity contribution in [2.45, 2.75) is 50.7 Å². The third-order valence-electron chi connectivity index (χ3n) is 6.20. The summed E-state index contributed by atoms with van der Waals surface area (Å²) in [6.07, 6.45) is 3.41. The maximum atomic E-state index is 13.4. The lowest BCUT2D eigenvalue weighted by Gasteiger charge is -2.16. The SMILES string of the molecule is CC(C)OCCn1c(=O)c(NCCCN2CCCC2=O)nc2ccc(-c3ccc(S(C)(=O)=O)cc3)nc21. The molecule has 11 heteroatoms. The molecule has 1 aromatic carbocycles. The number of sulfone groups is 1. The minimum Gasteiger partial charge on any atom is -0.377 e. The number of carbonyl (C=O) groups is 1. The summed E-state index contributed by atoms with van der Waals surface area (Å²) in [4.78, 5) is 36.5. The number of rotatable bonds is 11. The lowest BCUT2D eigenvalue weighted by molar-refractivity contribution is -0.127. The summed E-state index contributed by atoms with van der Waals surface area (Å²) in [5.74, 6) is 0.418. The van der Waals surface area contributed by atoms with Crippen LogP contribution in [0.2, 0.25) is 0 Å². The van der Waals surface area contributed by atoms with E-state index in [1.54, 1.807) is 41.0 Å². The first kappa shape index (κ1) is 26.7. The highest BCUT2D eigenvalue weighted by molar-refractivity contribution is 7.90. The molecule has 0 radical (unpaired) electrons. The molecule has 0 unspecified atom stereocenters. The van der Waals surface area contributed by atoms with Gasteiger partial charge in [-0.1, -0.05) is 12.1 Å². The summed E-state index contributed by atoms with van der Waals surface area (Å²) in [6.45, 7) is 6.46. The van der Waals surface area contributed by atoms with Crippen LogP contribution in [-0.4, -0.2) is 72.4 Å². The molecule has 10 nitrogen and oxygen atoms in total. The van der Waals surface area contributed by atoms with Crippen molar-refractivity contribution >= 4 is 32.7 Å². The number of nitrogens with zero attached hydrogens (tertiary/aromatic N) is 4. The van der Waals surface area contributed by atoms with Gasteiger partial charge in [0, 0.05) is 37.9 Å². The van der Waals surface area contributed by atoms with Crippen LogP contribution in [0.25, 0.3) is 22.4 Å². The largest absolute Gasteiger partial charge is 0.377 e. The number of nitrogens with one attached hydrogen (secondary N) is 1. The quantitative estimate of drug-likeness (QED) is 0.378. The van der Waals surface area contributed by atoms with E-state index in [-0.39, 0.29) is 28.3 Å². The molecule has 3 heterocycles. The molecule has 0 spiro atoms. The van der Waals surface area contributed by atoms with Crippen molar-refractivity contribution in [2.24, 2.45) is 0 Å². The van der Waals surface area contributed by atoms with Crippen LogP contribution >= 0.6 is 0 Å². The molecule has 1 amide bonds. The highest BCUT2D eigenvalue weighted by Crippen LogP contribution is 2.22. The highest BCUT2D eigenvalue weighted by Gasteiger charge is 2.19. The van der Waals surface area contributed by atoms with E-state index in [9.17, 15) is 18.0 Å². The minimum absolute atomic E-state index is 0.0200. The van der Waals surface area contributed by atoms with Crippen LogP contribution in [0.5, 0.6) is 0 Å². The Labute approximate surface area is 216 Å². The molecule has 1 aliphatic rings. The Bertz CT molecular complexity index is 1430. The molecular weight excluding hydrogens is 494 g/mol. The molecule has 3 aromatic rings. The third kappa shape index (κ3) is 6.53. The Kier molecular flexibility index (Phi) is 8.23. The lowest BCUT2D eigenvalue weighted by Crippen LogP contribution is -2.30. The van der Waals surface area contributed by atoms with Gasteiger partial charge in [0.15, 0.2) is 21.3 Å². The number of amides is 1. The van der Waals surface area contributed by atoms with Gasteiger partial charge in [-0.3, -0.25) is 14.2 Å². The molecule has 1 fully saturated rings. The van der Waals surface area contributed by atoms with Crippen LogP contribution in [0, 0.1) is 0 Å². The second-order valence-electron chi connectivity index (χ2n) is 9.44. The van der Waals surface area contributed by atoms with Crippen LogP contribution in [0.1, 0.15) is 33.1 Å². The number of fused-ring (bicyclic) bond motifs is 1. The number of benzene rings is 1. The van der Waals surface area contributed by atoms with Crippen molar-refractivity contribution in [3.63, 3.8) is 0 Å². The van der Waals surface area contributed by atoms with E-state index in [0.29, 0.717) is 55.9 Å². The van der Waals surface area contributed by atoms with Gasteiger partial charge in [-0.25, -0.2) is 18.4 Å². The monoisotopic (exact) mass is 527 g/mol. The summed E-state index contributed by atoms with van der Waals surface area (Å²) in [7, 11) is -3.30. The molecular formula is C26H33N5O5S. The molecule has 4 rings (SSSR count). The Hall–Kier alpha value is -3.31. The summed E-state index contributed by atoms with van der Waals surface area (Å²) in [5, 5.41) is 3.14. The fourth-order valence-corrected chi connectivity index (χ4v) is 4.90. The molecule has 37 heavy (non-hydrogen) atoms. The zero-order chi connectivity index (χ0) is 26.6. The summed E-state index contributed by atoms with van der Waals surface area (Å²) < 4.78 is 30.8. The third-order valence-corrected chi connectivity index (χ3v) is 7.33. The first-order valence-corrected chi connectivity index (χ1v) is 14.4. The molecule has 0 bridgehead atoms. The summed E-state index contributed by atoms with van der Waals surface area (Å²) >= 11 is 0. The second kappa shape index (κ2) is 11.4. The van der Waals surface area contributed by atoms with Crippen molar-refractivity contribution in [1.29, 1.82) is 0 Å². The van der Waals surface area contributed by atoms with Gasteiger partial charge in [0.1, 0.15) is 5.52 Å². The maximum absolute atomic E-state index is 13.4. The first-order chi connectivity index (χ1) is 17.6. The average molecular weight is 528 g/mol. The van der Waals surface area contributed by atoms with Crippen LogP contribution in [0.4, 0.5) is 5.82 Å². The predicted octanol–water partition coefficient (Wildman–Crippen LogP) is 2.71. The van der Waals surface area contributed by atoms with Gasteiger partial charge < -0.3 is 15.0 Å². The van der Waals surface area contributed by atoms with E-state index in [1.807, 2.05) is 18.7 Å². The number of likely N-dealkylation sites (tertiary alicyclic amines) is 1. The molecule has 0 atom stereocenters. The molecule has 2 aromatic heterocycles. The fourth-order valence-electron chi connectivity index (χ4n) is 4.27. The lowest BCUT2D eigenvalue weighted by atomic mass is 10.1. The van der Waals surface area contributed by atoms with E-state index < -0.39 is 9.84 Å². The summed E-state index contributed by atoms with van der Waals surface area (Å²) in [6, 6.07) is 10.1. The molecule has 0 saturated carbocycles.